The second-order valence-corrected chi connectivity index (χ2v) is 18.3. The fourth-order valence-electron chi connectivity index (χ4n) is 4.96. The van der Waals surface area contributed by atoms with Crippen LogP contribution < -0.4 is 15.1 Å². The van der Waals surface area contributed by atoms with Crippen LogP contribution >= 0.6 is 11.6 Å². The number of hydrogen-bond acceptors (Lipinski definition) is 6. The summed E-state index contributed by atoms with van der Waals surface area (Å²) in [6.07, 6.45) is -8.06. The zero-order valence-electron chi connectivity index (χ0n) is 26.2. The van der Waals surface area contributed by atoms with Gasteiger partial charge in [-0.1, -0.05) is 31.2 Å². The summed E-state index contributed by atoms with van der Waals surface area (Å²) >= 11 is 6.19. The molecule has 8 nitrogen and oxygen atoms in total. The normalized spacial score (nSPS) is 13.4. The molecular weight excluding hydrogens is 701 g/mol. The van der Waals surface area contributed by atoms with Crippen molar-refractivity contribution in [1.82, 2.24) is 0 Å². The second kappa shape index (κ2) is 14.6. The van der Waals surface area contributed by atoms with Crippen molar-refractivity contribution >= 4 is 54.3 Å². The topological polar surface area (TPSA) is 103 Å². The molecule has 0 radical (unpaired) electrons. The molecule has 3 aromatic rings. The van der Waals surface area contributed by atoms with Crippen LogP contribution in [0, 0.1) is 23.0 Å². The largest absolute Gasteiger partial charge is 0.416 e. The second-order valence-electron chi connectivity index (χ2n) is 12.2. The van der Waals surface area contributed by atoms with Gasteiger partial charge < -0.3 is 15.0 Å². The zero-order chi connectivity index (χ0) is 36.4. The molecule has 0 saturated carbocycles. The van der Waals surface area contributed by atoms with Gasteiger partial charge in [0.2, 0.25) is 5.91 Å². The Kier molecular flexibility index (Phi) is 11.1. The van der Waals surface area contributed by atoms with Crippen molar-refractivity contribution < 1.29 is 49.9 Å². The Hall–Kier alpha value is -4.46. The summed E-state index contributed by atoms with van der Waals surface area (Å²) in [6, 6.07) is 7.09. The molecule has 0 spiro atoms. The first-order valence-corrected chi connectivity index (χ1v) is 18.6. The first-order valence-electron chi connectivity index (χ1n) is 14.5. The minimum atomic E-state index is -5.05. The average Bonchev–Trinajstić information content (AvgIpc) is 2.99. The molecule has 0 aliphatic carbocycles. The Balaban J connectivity index is 1.96. The summed E-state index contributed by atoms with van der Waals surface area (Å²) in [5.41, 5.74) is -5.38. The number of ether oxygens (including phenoxy) is 1. The predicted octanol–water partition coefficient (Wildman–Crippen LogP) is 7.72. The summed E-state index contributed by atoms with van der Waals surface area (Å²) in [4.78, 5) is 42.6. The molecule has 0 atom stereocenters. The van der Waals surface area contributed by atoms with E-state index >= 15 is 0 Å². The quantitative estimate of drug-likeness (QED) is 0.0939. The van der Waals surface area contributed by atoms with Crippen LogP contribution in [0.5, 0.6) is 0 Å². The van der Waals surface area contributed by atoms with E-state index in [4.69, 9.17) is 16.3 Å². The van der Waals surface area contributed by atoms with Crippen molar-refractivity contribution in [3.05, 3.63) is 86.9 Å². The van der Waals surface area contributed by atoms with Crippen molar-refractivity contribution in [3.63, 3.8) is 0 Å². The standard InChI is InChI=1S/C32H28ClF7N4O4Si/c1-49(2,3)7-6-48-16-44-27(45)15-43(14-26(36)37)25-12-24(42-31(47)17-8-18(32(38,39)40)10-20(35)9-17)28(22(13-41)29(25)44)30(46)21-11-19(34)4-5-23(21)33/h4-5,8-12,26H,6-7,14-16H2,1-3H3,(H,42,47). The first kappa shape index (κ1) is 37.4. The molecule has 1 N–H and O–H groups in total. The van der Waals surface area contributed by atoms with Gasteiger partial charge in [-0.05, 0) is 48.5 Å². The fourth-order valence-corrected chi connectivity index (χ4v) is 5.92. The van der Waals surface area contributed by atoms with Gasteiger partial charge in [-0.2, -0.15) is 18.4 Å². The first-order chi connectivity index (χ1) is 22.8. The van der Waals surface area contributed by atoms with Gasteiger partial charge in [0.15, 0.2) is 5.78 Å². The molecule has 1 aliphatic heterocycles. The molecule has 1 heterocycles. The number of nitrogens with zero attached hydrogens (tertiary/aromatic N) is 3. The SMILES string of the molecule is C[Si](C)(C)CCOCN1C(=O)CN(CC(F)F)c2cc(NC(=O)c3cc(F)cc(C(F)(F)F)c3)c(C(=O)c3cc(F)ccc3Cl)c(C#N)c21. The fraction of sp³-hybridized carbons (Fsp3) is 0.312. The predicted molar refractivity (Wildman–Crippen MR) is 170 cm³/mol. The zero-order valence-corrected chi connectivity index (χ0v) is 27.9. The molecule has 0 unspecified atom stereocenters. The van der Waals surface area contributed by atoms with Crippen molar-refractivity contribution in [1.29, 1.82) is 5.26 Å². The number of benzene rings is 3. The van der Waals surface area contributed by atoms with Crippen LogP contribution in [0.4, 0.5) is 47.8 Å². The van der Waals surface area contributed by atoms with Crippen molar-refractivity contribution in [2.45, 2.75) is 38.3 Å². The number of carbonyl (C=O) groups excluding carboxylic acids is 3. The number of hydrogen-bond donors (Lipinski definition) is 1. The maximum atomic E-state index is 14.3. The van der Waals surface area contributed by atoms with Crippen LogP contribution in [-0.2, 0) is 15.7 Å². The van der Waals surface area contributed by atoms with E-state index in [2.05, 4.69) is 25.0 Å². The Bertz CT molecular complexity index is 1840. The summed E-state index contributed by atoms with van der Waals surface area (Å²) in [5.74, 6) is -5.68. The Morgan fingerprint density at radius 2 is 1.78 bits per heavy atom. The van der Waals surface area contributed by atoms with Gasteiger partial charge in [0.25, 0.3) is 12.3 Å². The van der Waals surface area contributed by atoms with E-state index in [-0.39, 0.29) is 29.1 Å². The monoisotopic (exact) mass is 728 g/mol. The number of anilines is 3. The smallest absolute Gasteiger partial charge is 0.361 e. The number of fused-ring (bicyclic) bond motifs is 1. The molecule has 1 aliphatic rings. The van der Waals surface area contributed by atoms with Crippen LogP contribution in [0.25, 0.3) is 0 Å². The lowest BCUT2D eigenvalue weighted by molar-refractivity contribution is -0.137. The van der Waals surface area contributed by atoms with Crippen molar-refractivity contribution in [3.8, 4) is 6.07 Å². The molecule has 0 saturated heterocycles. The highest BCUT2D eigenvalue weighted by molar-refractivity contribution is 6.76. The maximum absolute atomic E-state index is 14.3. The number of nitrogens with one attached hydrogen (secondary N) is 1. The van der Waals surface area contributed by atoms with E-state index in [1.165, 1.54) is 0 Å². The van der Waals surface area contributed by atoms with Gasteiger partial charge in [-0.3, -0.25) is 19.3 Å². The minimum Gasteiger partial charge on any atom is -0.361 e. The number of alkyl halides is 5. The number of nitriles is 1. The highest BCUT2D eigenvalue weighted by Gasteiger charge is 2.38. The Morgan fingerprint density at radius 1 is 1.08 bits per heavy atom. The van der Waals surface area contributed by atoms with E-state index in [1.807, 2.05) is 0 Å². The molecule has 0 fully saturated rings. The number of carbonyl (C=O) groups is 3. The van der Waals surface area contributed by atoms with Gasteiger partial charge in [0.1, 0.15) is 24.4 Å². The highest BCUT2D eigenvalue weighted by Crippen LogP contribution is 2.44. The summed E-state index contributed by atoms with van der Waals surface area (Å²) in [5, 5.41) is 12.3. The number of amides is 2. The summed E-state index contributed by atoms with van der Waals surface area (Å²) in [6.45, 7) is 4.28. The maximum Gasteiger partial charge on any atom is 0.416 e. The molecule has 4 rings (SSSR count). The molecule has 2 amide bonds. The van der Waals surface area contributed by atoms with Crippen molar-refractivity contribution in [2.24, 2.45) is 0 Å². The molecule has 17 heteroatoms. The van der Waals surface area contributed by atoms with Gasteiger partial charge in [-0.25, -0.2) is 17.6 Å². The van der Waals surface area contributed by atoms with Gasteiger partial charge >= 0.3 is 6.18 Å². The van der Waals surface area contributed by atoms with E-state index in [0.29, 0.717) is 18.2 Å². The van der Waals surface area contributed by atoms with Crippen LogP contribution in [0.2, 0.25) is 30.7 Å². The third kappa shape index (κ3) is 8.77. The lowest BCUT2D eigenvalue weighted by atomic mass is 9.92. The van der Waals surface area contributed by atoms with Gasteiger partial charge in [0.05, 0.1) is 51.9 Å². The van der Waals surface area contributed by atoms with Gasteiger partial charge in [0, 0.05) is 25.8 Å². The van der Waals surface area contributed by atoms with Crippen molar-refractivity contribution in [2.75, 3.05) is 41.5 Å². The van der Waals surface area contributed by atoms with E-state index in [1.54, 1.807) is 6.07 Å². The lowest BCUT2D eigenvalue weighted by Crippen LogP contribution is -2.48. The summed E-state index contributed by atoms with van der Waals surface area (Å²) in [7, 11) is -1.61. The van der Waals surface area contributed by atoms with Gasteiger partial charge in [-0.15, -0.1) is 0 Å². The van der Waals surface area contributed by atoms with E-state index in [9.17, 15) is 50.4 Å². The van der Waals surface area contributed by atoms with Crippen LogP contribution in [0.15, 0.2) is 42.5 Å². The molecule has 0 bridgehead atoms. The molecule has 49 heavy (non-hydrogen) atoms. The van der Waals surface area contributed by atoms with E-state index < -0.39 is 103 Å². The number of ketones is 1. The molecule has 260 valence electrons. The minimum absolute atomic E-state index is 0.157. The molecule has 3 aromatic carbocycles. The van der Waals surface area contributed by atoms with Crippen LogP contribution in [0.1, 0.15) is 37.4 Å². The Morgan fingerprint density at radius 3 is 2.39 bits per heavy atom. The third-order valence-corrected chi connectivity index (χ3v) is 9.37. The third-order valence-electron chi connectivity index (χ3n) is 7.34. The summed E-state index contributed by atoms with van der Waals surface area (Å²) < 4.78 is 102. The average molecular weight is 729 g/mol. The van der Waals surface area contributed by atoms with Crippen LogP contribution in [0.3, 0.4) is 0 Å². The molecular formula is C32H28ClF7N4O4Si. The molecule has 0 aromatic heterocycles. The van der Waals surface area contributed by atoms with Crippen LogP contribution in [-0.4, -0.2) is 58.5 Å². The lowest BCUT2D eigenvalue weighted by Gasteiger charge is -2.38. The number of rotatable bonds is 11. The highest BCUT2D eigenvalue weighted by atomic mass is 35.5. The number of halogens is 8. The van der Waals surface area contributed by atoms with E-state index in [0.717, 1.165) is 34.1 Å². The Labute approximate surface area is 282 Å².